The number of hydrogen-bond acceptors (Lipinski definition) is 4. The van der Waals surface area contributed by atoms with Crippen LogP contribution < -0.4 is 10.7 Å². The molecule has 0 saturated carbocycles. The van der Waals surface area contributed by atoms with Crippen LogP contribution in [0.25, 0.3) is 11.0 Å². The topological polar surface area (TPSA) is 70.2 Å². The number of aryl methyl sites for hydroxylation is 2. The predicted molar refractivity (Wildman–Crippen MR) is 116 cm³/mol. The second-order valence-corrected chi connectivity index (χ2v) is 7.78. The fourth-order valence-corrected chi connectivity index (χ4v) is 3.81. The maximum Gasteiger partial charge on any atom is 0.333 e. The molecule has 0 aliphatic carbocycles. The number of amides is 2. The van der Waals surface area contributed by atoms with Gasteiger partial charge in [0.05, 0.1) is 22.4 Å². The van der Waals surface area contributed by atoms with E-state index in [1.54, 1.807) is 0 Å². The van der Waals surface area contributed by atoms with Gasteiger partial charge in [-0.25, -0.2) is 19.8 Å². The number of hydrazine groups is 1. The fraction of sp³-hybridized carbons (Fsp3) is 0.348. The fourth-order valence-electron chi connectivity index (χ4n) is 3.81. The van der Waals surface area contributed by atoms with Gasteiger partial charge in [-0.15, -0.1) is 0 Å². The number of nitrogens with one attached hydrogen (secondary N) is 2. The molecular formula is C23H27N5O. The van der Waals surface area contributed by atoms with E-state index in [2.05, 4.69) is 51.0 Å². The monoisotopic (exact) mass is 389 g/mol. The van der Waals surface area contributed by atoms with Crippen molar-refractivity contribution < 1.29 is 4.79 Å². The Morgan fingerprint density at radius 1 is 1.00 bits per heavy atom. The molecule has 2 aromatic carbocycles. The molecule has 1 aliphatic rings. The Balaban J connectivity index is 1.29. The number of nitrogens with zero attached hydrogens (tertiary/aromatic N) is 3. The maximum atomic E-state index is 12.4. The lowest BCUT2D eigenvalue weighted by atomic mass is 9.91. The number of carbonyl (C=O) groups is 1. The standard InChI is InChI=1S/C23H27N5O/c1-16-17(2)25-22-15-20(8-9-21(22)24-16)26-23(29)27-28-12-10-19(11-13-28)14-18-6-4-3-5-7-18/h3-9,15,19H,10-14H2,1-2H3,(H2,26,27,29). The van der Waals surface area contributed by atoms with E-state index in [4.69, 9.17) is 0 Å². The number of fused-ring (bicyclic) bond motifs is 1. The lowest BCUT2D eigenvalue weighted by molar-refractivity contribution is 0.135. The van der Waals surface area contributed by atoms with Gasteiger partial charge in [0.2, 0.25) is 0 Å². The van der Waals surface area contributed by atoms with Gasteiger partial charge < -0.3 is 5.32 Å². The van der Waals surface area contributed by atoms with Crippen molar-refractivity contribution >= 4 is 22.8 Å². The van der Waals surface area contributed by atoms with Gasteiger partial charge in [-0.3, -0.25) is 5.43 Å². The molecule has 0 bridgehead atoms. The SMILES string of the molecule is Cc1nc2ccc(NC(=O)NN3CCC(Cc4ccccc4)CC3)cc2nc1C. The summed E-state index contributed by atoms with van der Waals surface area (Å²) in [5.41, 5.74) is 8.51. The largest absolute Gasteiger partial charge is 0.333 e. The third-order valence-electron chi connectivity index (χ3n) is 5.57. The Kier molecular flexibility index (Phi) is 5.71. The minimum atomic E-state index is -0.220. The van der Waals surface area contributed by atoms with Crippen LogP contribution in [0.2, 0.25) is 0 Å². The van der Waals surface area contributed by atoms with Crippen LogP contribution in [0.5, 0.6) is 0 Å². The second kappa shape index (κ2) is 8.57. The van der Waals surface area contributed by atoms with E-state index in [0.717, 1.165) is 54.8 Å². The van der Waals surface area contributed by atoms with E-state index in [-0.39, 0.29) is 6.03 Å². The van der Waals surface area contributed by atoms with Gasteiger partial charge in [0.25, 0.3) is 0 Å². The van der Waals surface area contributed by atoms with Crippen molar-refractivity contribution in [3.05, 3.63) is 65.5 Å². The molecule has 29 heavy (non-hydrogen) atoms. The predicted octanol–water partition coefficient (Wildman–Crippen LogP) is 4.24. The Morgan fingerprint density at radius 2 is 1.69 bits per heavy atom. The molecule has 0 spiro atoms. The van der Waals surface area contributed by atoms with Crippen molar-refractivity contribution in [1.82, 2.24) is 20.4 Å². The van der Waals surface area contributed by atoms with Crippen molar-refractivity contribution in [2.24, 2.45) is 5.92 Å². The highest BCUT2D eigenvalue weighted by Crippen LogP contribution is 2.21. The van der Waals surface area contributed by atoms with Crippen LogP contribution in [0.4, 0.5) is 10.5 Å². The van der Waals surface area contributed by atoms with E-state index < -0.39 is 0 Å². The van der Waals surface area contributed by atoms with E-state index in [1.807, 2.05) is 37.1 Å². The number of urea groups is 1. The summed E-state index contributed by atoms with van der Waals surface area (Å²) in [6.45, 7) is 5.62. The number of piperidine rings is 1. The summed E-state index contributed by atoms with van der Waals surface area (Å²) in [5.74, 6) is 0.671. The lowest BCUT2D eigenvalue weighted by Crippen LogP contribution is -2.48. The van der Waals surface area contributed by atoms with E-state index in [1.165, 1.54) is 5.56 Å². The van der Waals surface area contributed by atoms with Gasteiger partial charge in [-0.05, 0) is 62.8 Å². The van der Waals surface area contributed by atoms with Crippen LogP contribution in [0.15, 0.2) is 48.5 Å². The molecule has 6 nitrogen and oxygen atoms in total. The average molecular weight is 390 g/mol. The third-order valence-corrected chi connectivity index (χ3v) is 5.57. The first-order chi connectivity index (χ1) is 14.1. The van der Waals surface area contributed by atoms with E-state index >= 15 is 0 Å². The third kappa shape index (κ3) is 4.90. The normalized spacial score (nSPS) is 15.4. The molecule has 3 aromatic rings. The molecule has 1 fully saturated rings. The highest BCUT2D eigenvalue weighted by atomic mass is 16.2. The summed E-state index contributed by atoms with van der Waals surface area (Å²) in [5, 5.41) is 4.91. The first kappa shape index (κ1) is 19.3. The van der Waals surface area contributed by atoms with Crippen molar-refractivity contribution in [3.8, 4) is 0 Å². The van der Waals surface area contributed by atoms with Crippen LogP contribution in [0.1, 0.15) is 29.8 Å². The molecular weight excluding hydrogens is 362 g/mol. The zero-order valence-electron chi connectivity index (χ0n) is 17.0. The van der Waals surface area contributed by atoms with Gasteiger partial charge in [-0.2, -0.15) is 0 Å². The Hall–Kier alpha value is -2.99. The lowest BCUT2D eigenvalue weighted by Gasteiger charge is -2.32. The molecule has 0 radical (unpaired) electrons. The Morgan fingerprint density at radius 3 is 2.41 bits per heavy atom. The van der Waals surface area contributed by atoms with Gasteiger partial charge in [0.15, 0.2) is 0 Å². The number of rotatable bonds is 4. The number of anilines is 1. The van der Waals surface area contributed by atoms with Gasteiger partial charge in [-0.1, -0.05) is 30.3 Å². The number of benzene rings is 2. The number of hydrogen-bond donors (Lipinski definition) is 2. The minimum absolute atomic E-state index is 0.220. The Bertz CT molecular complexity index is 997. The van der Waals surface area contributed by atoms with Crippen molar-refractivity contribution in [2.75, 3.05) is 18.4 Å². The van der Waals surface area contributed by atoms with Gasteiger partial charge in [0, 0.05) is 18.8 Å². The van der Waals surface area contributed by atoms with Gasteiger partial charge >= 0.3 is 6.03 Å². The molecule has 0 unspecified atom stereocenters. The van der Waals surface area contributed by atoms with Crippen LogP contribution in [0.3, 0.4) is 0 Å². The first-order valence-electron chi connectivity index (χ1n) is 10.2. The average Bonchev–Trinajstić information content (AvgIpc) is 2.71. The molecule has 0 atom stereocenters. The summed E-state index contributed by atoms with van der Waals surface area (Å²) in [7, 11) is 0. The summed E-state index contributed by atoms with van der Waals surface area (Å²) in [6, 6.07) is 16.0. The first-order valence-corrected chi connectivity index (χ1v) is 10.2. The summed E-state index contributed by atoms with van der Waals surface area (Å²) in [6.07, 6.45) is 3.27. The summed E-state index contributed by atoms with van der Waals surface area (Å²) < 4.78 is 0. The zero-order chi connectivity index (χ0) is 20.2. The molecule has 150 valence electrons. The molecule has 2 amide bonds. The molecule has 2 heterocycles. The van der Waals surface area contributed by atoms with Gasteiger partial charge in [0.1, 0.15) is 0 Å². The minimum Gasteiger partial charge on any atom is -0.307 e. The highest BCUT2D eigenvalue weighted by molar-refractivity contribution is 5.91. The second-order valence-electron chi connectivity index (χ2n) is 7.78. The van der Waals surface area contributed by atoms with Crippen LogP contribution in [-0.2, 0) is 6.42 Å². The quantitative estimate of drug-likeness (QED) is 0.700. The van der Waals surface area contributed by atoms with E-state index in [9.17, 15) is 4.79 Å². The Labute approximate surface area is 171 Å². The van der Waals surface area contributed by atoms with Crippen LogP contribution in [-0.4, -0.2) is 34.1 Å². The summed E-state index contributed by atoms with van der Waals surface area (Å²) >= 11 is 0. The van der Waals surface area contributed by atoms with Crippen LogP contribution >= 0.6 is 0 Å². The molecule has 1 aromatic heterocycles. The molecule has 4 rings (SSSR count). The van der Waals surface area contributed by atoms with E-state index in [0.29, 0.717) is 11.6 Å². The molecule has 6 heteroatoms. The summed E-state index contributed by atoms with van der Waals surface area (Å²) in [4.78, 5) is 21.5. The van der Waals surface area contributed by atoms with Crippen molar-refractivity contribution in [2.45, 2.75) is 33.1 Å². The maximum absolute atomic E-state index is 12.4. The van der Waals surface area contributed by atoms with Crippen molar-refractivity contribution in [3.63, 3.8) is 0 Å². The molecule has 2 N–H and O–H groups in total. The molecule has 1 aliphatic heterocycles. The molecule has 1 saturated heterocycles. The number of carbonyl (C=O) groups excluding carboxylic acids is 1. The number of aromatic nitrogens is 2. The zero-order valence-corrected chi connectivity index (χ0v) is 17.0. The highest BCUT2D eigenvalue weighted by Gasteiger charge is 2.20. The van der Waals surface area contributed by atoms with Crippen LogP contribution in [0, 0.1) is 19.8 Å². The van der Waals surface area contributed by atoms with Crippen molar-refractivity contribution in [1.29, 1.82) is 0 Å². The smallest absolute Gasteiger partial charge is 0.307 e.